The van der Waals surface area contributed by atoms with Gasteiger partial charge in [0.2, 0.25) is 0 Å². The summed E-state index contributed by atoms with van der Waals surface area (Å²) < 4.78 is 11.6. The van der Waals surface area contributed by atoms with Gasteiger partial charge in [0.05, 0.1) is 16.9 Å². The summed E-state index contributed by atoms with van der Waals surface area (Å²) in [5.74, 6) is 3.60. The number of nitrogens with one attached hydrogen (secondary N) is 1. The Kier molecular flexibility index (Phi) is 6.38. The van der Waals surface area contributed by atoms with Crippen LogP contribution in [0.4, 0.5) is 0 Å². The van der Waals surface area contributed by atoms with E-state index in [0.29, 0.717) is 11.5 Å². The van der Waals surface area contributed by atoms with Crippen LogP contribution in [-0.2, 0) is 0 Å². The van der Waals surface area contributed by atoms with Crippen molar-refractivity contribution in [2.75, 3.05) is 13.7 Å². The lowest BCUT2D eigenvalue weighted by atomic mass is 10.2. The smallest absolute Gasteiger partial charge is 0.184 e. The monoisotopic (exact) mass is 389 g/mol. The first-order chi connectivity index (χ1) is 9.08. The maximum absolute atomic E-state index is 5.44. The van der Waals surface area contributed by atoms with E-state index in [0.717, 1.165) is 9.13 Å². The molecule has 0 saturated carbocycles. The summed E-state index contributed by atoms with van der Waals surface area (Å²) in [6, 6.07) is 3.65. The minimum atomic E-state index is 0.104. The molecule has 7 heteroatoms. The number of ether oxygens (including phenoxy) is 2. The largest absolute Gasteiger partial charge is 0.493 e. The highest BCUT2D eigenvalue weighted by atomic mass is 127. The Hall–Kier alpha value is -1.53. The van der Waals surface area contributed by atoms with Crippen molar-refractivity contribution in [3.63, 3.8) is 0 Å². The second-order valence-electron chi connectivity index (χ2n) is 3.26. The first-order valence-corrected chi connectivity index (χ1v) is 6.59. The topological polar surface area (TPSA) is 68.9 Å². The van der Waals surface area contributed by atoms with Gasteiger partial charge in [-0.2, -0.15) is 5.10 Å². The molecule has 0 aliphatic carbocycles. The van der Waals surface area contributed by atoms with Crippen molar-refractivity contribution >= 4 is 46.1 Å². The van der Waals surface area contributed by atoms with E-state index in [2.05, 4.69) is 51.3 Å². The van der Waals surface area contributed by atoms with Crippen LogP contribution in [0.1, 0.15) is 5.56 Å². The van der Waals surface area contributed by atoms with Gasteiger partial charge in [-0.25, -0.2) is 0 Å². The maximum atomic E-state index is 5.44. The SMILES string of the molecule is C#CCOc1c(I)cc(C=NNC(N)=S)cc1OC. The number of hydrogen-bond acceptors (Lipinski definition) is 4. The van der Waals surface area contributed by atoms with Crippen LogP contribution in [0.5, 0.6) is 11.5 Å². The second kappa shape index (κ2) is 7.81. The van der Waals surface area contributed by atoms with E-state index in [9.17, 15) is 0 Å². The van der Waals surface area contributed by atoms with Crippen LogP contribution in [0, 0.1) is 15.9 Å². The van der Waals surface area contributed by atoms with Crippen LogP contribution < -0.4 is 20.6 Å². The fraction of sp³-hybridized carbons (Fsp3) is 0.167. The van der Waals surface area contributed by atoms with Crippen molar-refractivity contribution in [2.45, 2.75) is 0 Å². The normalized spacial score (nSPS) is 9.95. The van der Waals surface area contributed by atoms with Gasteiger partial charge < -0.3 is 15.2 Å². The van der Waals surface area contributed by atoms with Crippen molar-refractivity contribution in [3.05, 3.63) is 21.3 Å². The Morgan fingerprint density at radius 1 is 1.68 bits per heavy atom. The van der Waals surface area contributed by atoms with Gasteiger partial charge in [-0.1, -0.05) is 5.92 Å². The van der Waals surface area contributed by atoms with Crippen LogP contribution in [0.2, 0.25) is 0 Å². The van der Waals surface area contributed by atoms with Gasteiger partial charge in [0.15, 0.2) is 16.6 Å². The van der Waals surface area contributed by atoms with E-state index in [4.69, 9.17) is 21.6 Å². The van der Waals surface area contributed by atoms with Crippen molar-refractivity contribution in [1.82, 2.24) is 5.43 Å². The molecule has 0 atom stereocenters. The molecular formula is C12H12IN3O2S. The van der Waals surface area contributed by atoms with E-state index < -0.39 is 0 Å². The Bertz CT molecular complexity index is 541. The number of nitrogens with zero attached hydrogens (tertiary/aromatic N) is 1. The lowest BCUT2D eigenvalue weighted by Gasteiger charge is -2.11. The van der Waals surface area contributed by atoms with Gasteiger partial charge >= 0.3 is 0 Å². The predicted molar refractivity (Wildman–Crippen MR) is 87.6 cm³/mol. The first-order valence-electron chi connectivity index (χ1n) is 5.10. The summed E-state index contributed by atoms with van der Waals surface area (Å²) in [6.45, 7) is 0.183. The number of rotatable bonds is 5. The highest BCUT2D eigenvalue weighted by molar-refractivity contribution is 14.1. The van der Waals surface area contributed by atoms with Gasteiger partial charge in [-0.3, -0.25) is 5.43 Å². The molecule has 0 aliphatic rings. The number of halogens is 1. The van der Waals surface area contributed by atoms with Gasteiger partial charge in [0, 0.05) is 0 Å². The Labute approximate surface area is 130 Å². The second-order valence-corrected chi connectivity index (χ2v) is 4.86. The van der Waals surface area contributed by atoms with Gasteiger partial charge in [-0.05, 0) is 52.5 Å². The molecule has 0 bridgehead atoms. The molecule has 0 saturated heterocycles. The fourth-order valence-electron chi connectivity index (χ4n) is 1.24. The standard InChI is InChI=1S/C12H12IN3O2S/c1-3-4-18-11-9(13)5-8(6-10(11)17-2)7-15-16-12(14)19/h1,5-7H,4H2,2H3,(H3,14,16,19). The zero-order valence-corrected chi connectivity index (χ0v) is 13.1. The molecule has 0 unspecified atom stereocenters. The zero-order valence-electron chi connectivity index (χ0n) is 10.1. The number of thiocarbonyl (C=S) groups is 1. The summed E-state index contributed by atoms with van der Waals surface area (Å²) in [7, 11) is 1.56. The quantitative estimate of drug-likeness (QED) is 0.263. The van der Waals surface area contributed by atoms with Crippen LogP contribution in [0.15, 0.2) is 17.2 Å². The molecule has 3 N–H and O–H groups in total. The number of hydrogen-bond donors (Lipinski definition) is 2. The molecule has 100 valence electrons. The summed E-state index contributed by atoms with van der Waals surface area (Å²) in [6.07, 6.45) is 6.75. The van der Waals surface area contributed by atoms with Gasteiger partial charge in [-0.15, -0.1) is 6.42 Å². The molecule has 0 aromatic heterocycles. The third-order valence-electron chi connectivity index (χ3n) is 1.94. The van der Waals surface area contributed by atoms with Crippen molar-refractivity contribution in [3.8, 4) is 23.8 Å². The van der Waals surface area contributed by atoms with Crippen molar-refractivity contribution < 1.29 is 9.47 Å². The molecule has 0 spiro atoms. The average molecular weight is 389 g/mol. The molecular weight excluding hydrogens is 377 g/mol. The molecule has 0 heterocycles. The average Bonchev–Trinajstić information content (AvgIpc) is 2.36. The number of hydrazone groups is 1. The molecule has 1 rings (SSSR count). The third kappa shape index (κ3) is 4.92. The third-order valence-corrected chi connectivity index (χ3v) is 2.83. The molecule has 1 aromatic rings. The van der Waals surface area contributed by atoms with Crippen LogP contribution >= 0.6 is 34.8 Å². The highest BCUT2D eigenvalue weighted by Crippen LogP contribution is 2.33. The molecule has 19 heavy (non-hydrogen) atoms. The Morgan fingerprint density at radius 3 is 3.00 bits per heavy atom. The van der Waals surface area contributed by atoms with Crippen molar-refractivity contribution in [1.29, 1.82) is 0 Å². The van der Waals surface area contributed by atoms with Crippen LogP contribution in [0.25, 0.3) is 0 Å². The maximum Gasteiger partial charge on any atom is 0.184 e. The summed E-state index contributed by atoms with van der Waals surface area (Å²) in [5, 5.41) is 3.98. The zero-order chi connectivity index (χ0) is 14.3. The summed E-state index contributed by atoms with van der Waals surface area (Å²) in [5.41, 5.74) is 8.56. The predicted octanol–water partition coefficient (Wildman–Crippen LogP) is 1.48. The summed E-state index contributed by atoms with van der Waals surface area (Å²) >= 11 is 6.78. The number of benzene rings is 1. The number of nitrogens with two attached hydrogens (primary N) is 1. The fourth-order valence-corrected chi connectivity index (χ4v) is 2.07. The van der Waals surface area contributed by atoms with Crippen LogP contribution in [0.3, 0.4) is 0 Å². The number of methoxy groups -OCH3 is 1. The Balaban J connectivity index is 2.99. The first kappa shape index (κ1) is 15.5. The van der Waals surface area contributed by atoms with Crippen LogP contribution in [-0.4, -0.2) is 25.0 Å². The molecule has 0 amide bonds. The van der Waals surface area contributed by atoms with Gasteiger partial charge in [0.1, 0.15) is 6.61 Å². The van der Waals surface area contributed by atoms with E-state index in [1.165, 1.54) is 0 Å². The lowest BCUT2D eigenvalue weighted by Crippen LogP contribution is -2.24. The lowest BCUT2D eigenvalue weighted by molar-refractivity contribution is 0.328. The minimum Gasteiger partial charge on any atom is -0.493 e. The van der Waals surface area contributed by atoms with Gasteiger partial charge in [0.25, 0.3) is 0 Å². The van der Waals surface area contributed by atoms with E-state index >= 15 is 0 Å². The molecule has 1 aromatic carbocycles. The molecule has 0 aliphatic heterocycles. The minimum absolute atomic E-state index is 0.104. The van der Waals surface area contributed by atoms with E-state index in [1.807, 2.05) is 6.07 Å². The Morgan fingerprint density at radius 2 is 2.42 bits per heavy atom. The molecule has 5 nitrogen and oxygen atoms in total. The number of terminal acetylenes is 1. The molecule has 0 radical (unpaired) electrons. The highest BCUT2D eigenvalue weighted by Gasteiger charge is 2.10. The summed E-state index contributed by atoms with van der Waals surface area (Å²) in [4.78, 5) is 0. The van der Waals surface area contributed by atoms with Crippen molar-refractivity contribution in [2.24, 2.45) is 10.8 Å². The van der Waals surface area contributed by atoms with E-state index in [-0.39, 0.29) is 11.7 Å². The van der Waals surface area contributed by atoms with E-state index in [1.54, 1.807) is 19.4 Å². The molecule has 0 fully saturated rings.